The molecule has 0 aliphatic carbocycles. The van der Waals surface area contributed by atoms with Crippen LogP contribution in [-0.2, 0) is 6.42 Å². The number of rotatable bonds is 6. The predicted octanol–water partition coefficient (Wildman–Crippen LogP) is 5.33. The van der Waals surface area contributed by atoms with Crippen LogP contribution in [0.25, 0.3) is 0 Å². The van der Waals surface area contributed by atoms with Crippen LogP contribution in [0.1, 0.15) is 30.6 Å². The molecule has 1 aromatic carbocycles. The number of hydrogen-bond donors (Lipinski definition) is 1. The molecule has 1 N–H and O–H groups in total. The fourth-order valence-electron chi connectivity index (χ4n) is 2.10. The molecule has 0 fully saturated rings. The topological polar surface area (TPSA) is 24.9 Å². The summed E-state index contributed by atoms with van der Waals surface area (Å²) in [6.07, 6.45) is 3.53. The van der Waals surface area contributed by atoms with Crippen molar-refractivity contribution < 1.29 is 0 Å². The Morgan fingerprint density at radius 2 is 1.90 bits per heavy atom. The first-order valence-corrected chi connectivity index (χ1v) is 8.02. The predicted molar refractivity (Wildman–Crippen MR) is 90.4 cm³/mol. The van der Waals surface area contributed by atoms with E-state index in [9.17, 15) is 0 Å². The fourth-order valence-corrected chi connectivity index (χ4v) is 2.53. The zero-order chi connectivity index (χ0) is 15.2. The lowest BCUT2D eigenvalue weighted by molar-refractivity contribution is 0.518. The molecule has 5 heteroatoms. The summed E-state index contributed by atoms with van der Waals surface area (Å²) in [6, 6.07) is 9.66. The molecule has 1 heterocycles. The van der Waals surface area contributed by atoms with Gasteiger partial charge < -0.3 is 5.32 Å². The van der Waals surface area contributed by atoms with Gasteiger partial charge in [-0.3, -0.25) is 4.98 Å². The van der Waals surface area contributed by atoms with Crippen LogP contribution >= 0.6 is 34.8 Å². The van der Waals surface area contributed by atoms with Gasteiger partial charge in [0.15, 0.2) is 0 Å². The Bertz CT molecular complexity index is 585. The maximum Gasteiger partial charge on any atom is 0.0595 e. The molecule has 0 amide bonds. The van der Waals surface area contributed by atoms with E-state index < -0.39 is 0 Å². The van der Waals surface area contributed by atoms with Gasteiger partial charge in [0, 0.05) is 6.20 Å². The first-order chi connectivity index (χ1) is 10.1. The van der Waals surface area contributed by atoms with E-state index >= 15 is 0 Å². The smallest absolute Gasteiger partial charge is 0.0595 e. The van der Waals surface area contributed by atoms with Crippen LogP contribution < -0.4 is 5.32 Å². The second-order valence-electron chi connectivity index (χ2n) is 4.86. The van der Waals surface area contributed by atoms with Crippen molar-refractivity contribution in [1.82, 2.24) is 10.3 Å². The van der Waals surface area contributed by atoms with Gasteiger partial charge in [-0.05, 0) is 49.2 Å². The first-order valence-electron chi connectivity index (χ1n) is 6.89. The van der Waals surface area contributed by atoms with Crippen molar-refractivity contribution in [2.45, 2.75) is 25.8 Å². The molecule has 0 aliphatic heterocycles. The maximum atomic E-state index is 6.08. The van der Waals surface area contributed by atoms with E-state index in [0.717, 1.165) is 30.6 Å². The highest BCUT2D eigenvalue weighted by Gasteiger charge is 2.13. The van der Waals surface area contributed by atoms with Gasteiger partial charge in [-0.2, -0.15) is 0 Å². The third kappa shape index (κ3) is 4.86. The second kappa shape index (κ2) is 8.00. The van der Waals surface area contributed by atoms with Crippen LogP contribution in [0.15, 0.2) is 36.5 Å². The van der Waals surface area contributed by atoms with E-state index in [1.807, 2.05) is 30.3 Å². The molecule has 0 aliphatic rings. The van der Waals surface area contributed by atoms with Gasteiger partial charge >= 0.3 is 0 Å². The summed E-state index contributed by atoms with van der Waals surface area (Å²) in [5.41, 5.74) is 2.09. The quantitative estimate of drug-likeness (QED) is 0.767. The minimum atomic E-state index is 0.124. The highest BCUT2D eigenvalue weighted by molar-refractivity contribution is 6.42. The van der Waals surface area contributed by atoms with Crippen molar-refractivity contribution in [2.75, 3.05) is 6.54 Å². The van der Waals surface area contributed by atoms with Crippen LogP contribution in [0.4, 0.5) is 0 Å². The minimum Gasteiger partial charge on any atom is -0.308 e. The Kier molecular flexibility index (Phi) is 6.31. The van der Waals surface area contributed by atoms with Crippen molar-refractivity contribution >= 4 is 34.8 Å². The van der Waals surface area contributed by atoms with E-state index in [-0.39, 0.29) is 6.04 Å². The van der Waals surface area contributed by atoms with E-state index in [2.05, 4.69) is 17.2 Å². The number of hydrogen-bond acceptors (Lipinski definition) is 2. The standard InChI is InChI=1S/C16H17Cl3N2/c1-2-7-20-16(15-6-4-12(17)10-21-15)9-11-3-5-13(18)14(19)8-11/h3-6,8,10,16,20H,2,7,9H2,1H3. The fraction of sp³-hybridized carbons (Fsp3) is 0.312. The summed E-state index contributed by atoms with van der Waals surface area (Å²) >= 11 is 17.9. The Balaban J connectivity index is 2.19. The Morgan fingerprint density at radius 1 is 1.10 bits per heavy atom. The van der Waals surface area contributed by atoms with Crippen molar-refractivity contribution in [3.05, 3.63) is 62.9 Å². The number of benzene rings is 1. The zero-order valence-corrected chi connectivity index (χ0v) is 14.0. The van der Waals surface area contributed by atoms with Gasteiger partial charge in [0.2, 0.25) is 0 Å². The summed E-state index contributed by atoms with van der Waals surface area (Å²) in [4.78, 5) is 4.41. The van der Waals surface area contributed by atoms with Crippen LogP contribution in [0, 0.1) is 0 Å². The summed E-state index contributed by atoms with van der Waals surface area (Å²) < 4.78 is 0. The van der Waals surface area contributed by atoms with Crippen molar-refractivity contribution in [2.24, 2.45) is 0 Å². The number of pyridine rings is 1. The van der Waals surface area contributed by atoms with Crippen molar-refractivity contribution in [3.63, 3.8) is 0 Å². The van der Waals surface area contributed by atoms with Gasteiger partial charge in [0.05, 0.1) is 26.8 Å². The normalized spacial score (nSPS) is 12.4. The molecule has 0 bridgehead atoms. The van der Waals surface area contributed by atoms with Gasteiger partial charge in [-0.25, -0.2) is 0 Å². The number of nitrogens with one attached hydrogen (secondary N) is 1. The van der Waals surface area contributed by atoms with Gasteiger partial charge in [-0.1, -0.05) is 47.8 Å². The van der Waals surface area contributed by atoms with Crippen LogP contribution in [0.2, 0.25) is 15.1 Å². The molecular formula is C16H17Cl3N2. The zero-order valence-electron chi connectivity index (χ0n) is 11.7. The summed E-state index contributed by atoms with van der Waals surface area (Å²) in [7, 11) is 0. The number of nitrogens with zero attached hydrogens (tertiary/aromatic N) is 1. The van der Waals surface area contributed by atoms with Crippen LogP contribution in [0.3, 0.4) is 0 Å². The monoisotopic (exact) mass is 342 g/mol. The molecule has 0 radical (unpaired) electrons. The van der Waals surface area contributed by atoms with Crippen molar-refractivity contribution in [3.8, 4) is 0 Å². The molecule has 2 nitrogen and oxygen atoms in total. The molecule has 1 atom stereocenters. The highest BCUT2D eigenvalue weighted by atomic mass is 35.5. The second-order valence-corrected chi connectivity index (χ2v) is 6.11. The lowest BCUT2D eigenvalue weighted by Crippen LogP contribution is -2.25. The Morgan fingerprint density at radius 3 is 2.52 bits per heavy atom. The molecule has 2 rings (SSSR count). The molecule has 0 saturated carbocycles. The van der Waals surface area contributed by atoms with E-state index in [1.54, 1.807) is 6.20 Å². The Labute approximate surface area is 140 Å². The number of aromatic nitrogens is 1. The molecule has 0 saturated heterocycles. The summed E-state index contributed by atoms with van der Waals surface area (Å²) in [5.74, 6) is 0. The lowest BCUT2D eigenvalue weighted by Gasteiger charge is -2.18. The van der Waals surface area contributed by atoms with E-state index in [1.165, 1.54) is 0 Å². The number of halogens is 3. The summed E-state index contributed by atoms with van der Waals surface area (Å²) in [6.45, 7) is 3.06. The molecule has 1 aromatic heterocycles. The Hall–Kier alpha value is -0.800. The van der Waals surface area contributed by atoms with Crippen LogP contribution in [-0.4, -0.2) is 11.5 Å². The molecule has 1 unspecified atom stereocenters. The van der Waals surface area contributed by atoms with Gasteiger partial charge in [0.1, 0.15) is 0 Å². The minimum absolute atomic E-state index is 0.124. The maximum absolute atomic E-state index is 6.08. The lowest BCUT2D eigenvalue weighted by atomic mass is 10.0. The highest BCUT2D eigenvalue weighted by Crippen LogP contribution is 2.25. The third-order valence-electron chi connectivity index (χ3n) is 3.17. The van der Waals surface area contributed by atoms with Crippen LogP contribution in [0.5, 0.6) is 0 Å². The average Bonchev–Trinajstić information content (AvgIpc) is 2.48. The third-order valence-corrected chi connectivity index (χ3v) is 4.13. The van der Waals surface area contributed by atoms with Crippen molar-refractivity contribution in [1.29, 1.82) is 0 Å². The molecular weight excluding hydrogens is 327 g/mol. The van der Waals surface area contributed by atoms with E-state index in [0.29, 0.717) is 15.1 Å². The molecule has 0 spiro atoms. The van der Waals surface area contributed by atoms with E-state index in [4.69, 9.17) is 34.8 Å². The summed E-state index contributed by atoms with van der Waals surface area (Å²) in [5, 5.41) is 5.30. The van der Waals surface area contributed by atoms with Gasteiger partial charge in [0.25, 0.3) is 0 Å². The average molecular weight is 344 g/mol. The van der Waals surface area contributed by atoms with Gasteiger partial charge in [-0.15, -0.1) is 0 Å². The molecule has 112 valence electrons. The first kappa shape index (κ1) is 16.6. The molecule has 21 heavy (non-hydrogen) atoms. The largest absolute Gasteiger partial charge is 0.308 e. The molecule has 2 aromatic rings. The SMILES string of the molecule is CCCNC(Cc1ccc(Cl)c(Cl)c1)c1ccc(Cl)cn1.